The first-order chi connectivity index (χ1) is 12.3. The highest BCUT2D eigenvalue weighted by Crippen LogP contribution is 2.30. The normalized spacial score (nSPS) is 21.2. The van der Waals surface area contributed by atoms with Crippen molar-refractivity contribution < 1.29 is 27.5 Å². The lowest BCUT2D eigenvalue weighted by Gasteiger charge is -2.33. The van der Waals surface area contributed by atoms with Crippen molar-refractivity contribution in [2.75, 3.05) is 19.7 Å². The van der Waals surface area contributed by atoms with Gasteiger partial charge >= 0.3 is 6.18 Å². The maximum atomic E-state index is 12.8. The summed E-state index contributed by atoms with van der Waals surface area (Å²) in [6, 6.07) is 5.10. The van der Waals surface area contributed by atoms with Gasteiger partial charge in [0, 0.05) is 32.4 Å². The number of hydrogen-bond donors (Lipinski definition) is 1. The molecule has 1 fully saturated rings. The molecule has 0 unspecified atom stereocenters. The van der Waals surface area contributed by atoms with Gasteiger partial charge in [0.15, 0.2) is 0 Å². The Kier molecular flexibility index (Phi) is 5.26. The lowest BCUT2D eigenvalue weighted by atomic mass is 10.0. The van der Waals surface area contributed by atoms with Gasteiger partial charge in [0.25, 0.3) is 5.91 Å². The van der Waals surface area contributed by atoms with Crippen molar-refractivity contribution in [3.8, 4) is 0 Å². The van der Waals surface area contributed by atoms with Crippen LogP contribution < -0.4 is 5.43 Å². The van der Waals surface area contributed by atoms with Crippen LogP contribution in [-0.4, -0.2) is 48.2 Å². The first kappa shape index (κ1) is 18.4. The number of halogens is 3. The maximum Gasteiger partial charge on any atom is 0.416 e. The minimum absolute atomic E-state index is 0.211. The van der Waals surface area contributed by atoms with Crippen LogP contribution in [0.1, 0.15) is 24.0 Å². The molecule has 0 bridgehead atoms. The van der Waals surface area contributed by atoms with Crippen LogP contribution in [0, 0.1) is 0 Å². The van der Waals surface area contributed by atoms with Gasteiger partial charge in [-0.2, -0.15) is 18.3 Å². The minimum Gasteiger partial charge on any atom is -0.374 e. The monoisotopic (exact) mass is 369 g/mol. The van der Waals surface area contributed by atoms with Gasteiger partial charge in [-0.3, -0.25) is 9.59 Å². The van der Waals surface area contributed by atoms with Crippen molar-refractivity contribution in [3.63, 3.8) is 0 Å². The number of nitrogens with zero attached hydrogens (tertiary/aromatic N) is 2. The van der Waals surface area contributed by atoms with Crippen LogP contribution in [0.4, 0.5) is 13.2 Å². The Balaban J connectivity index is 1.64. The molecule has 0 saturated carbocycles. The van der Waals surface area contributed by atoms with E-state index < -0.39 is 17.8 Å². The van der Waals surface area contributed by atoms with Gasteiger partial charge in [-0.25, -0.2) is 5.43 Å². The smallest absolute Gasteiger partial charge is 0.374 e. The van der Waals surface area contributed by atoms with E-state index in [1.54, 1.807) is 11.0 Å². The quantitative estimate of drug-likeness (QED) is 0.882. The van der Waals surface area contributed by atoms with Crippen LogP contribution in [0.2, 0.25) is 0 Å². The zero-order valence-corrected chi connectivity index (χ0v) is 13.9. The van der Waals surface area contributed by atoms with E-state index in [1.165, 1.54) is 6.07 Å². The van der Waals surface area contributed by atoms with E-state index in [1.807, 2.05) is 0 Å². The van der Waals surface area contributed by atoms with Gasteiger partial charge in [0.05, 0.1) is 18.3 Å². The maximum absolute atomic E-state index is 12.8. The summed E-state index contributed by atoms with van der Waals surface area (Å²) in [4.78, 5) is 25.2. The number of carbonyl (C=O) groups is 2. The summed E-state index contributed by atoms with van der Waals surface area (Å²) in [5.41, 5.74) is 2.37. The first-order valence-electron chi connectivity index (χ1n) is 8.25. The average molecular weight is 369 g/mol. The third kappa shape index (κ3) is 4.40. The molecule has 3 rings (SSSR count). The predicted molar refractivity (Wildman–Crippen MR) is 86.3 cm³/mol. The van der Waals surface area contributed by atoms with Crippen molar-refractivity contribution in [2.24, 2.45) is 5.10 Å². The van der Waals surface area contributed by atoms with E-state index in [0.29, 0.717) is 18.7 Å². The number of alkyl halides is 3. The molecule has 1 N–H and O–H groups in total. The van der Waals surface area contributed by atoms with Crippen LogP contribution in [0.3, 0.4) is 0 Å². The predicted octanol–water partition coefficient (Wildman–Crippen LogP) is 1.74. The van der Waals surface area contributed by atoms with E-state index in [2.05, 4.69) is 10.5 Å². The van der Waals surface area contributed by atoms with Crippen molar-refractivity contribution in [1.82, 2.24) is 10.3 Å². The number of nitrogens with one attached hydrogen (secondary N) is 1. The van der Waals surface area contributed by atoms with Crippen LogP contribution in [0.5, 0.6) is 0 Å². The summed E-state index contributed by atoms with van der Waals surface area (Å²) in [6.07, 6.45) is -4.02. The fourth-order valence-electron chi connectivity index (χ4n) is 2.98. The summed E-state index contributed by atoms with van der Waals surface area (Å²) in [7, 11) is 0. The lowest BCUT2D eigenvalue weighted by molar-refractivity contribution is -0.137. The van der Waals surface area contributed by atoms with E-state index >= 15 is 0 Å². The lowest BCUT2D eigenvalue weighted by Crippen LogP contribution is -2.49. The third-order valence-electron chi connectivity index (χ3n) is 4.29. The fraction of sp³-hybridized carbons (Fsp3) is 0.471. The van der Waals surface area contributed by atoms with Gasteiger partial charge in [-0.05, 0) is 11.6 Å². The van der Waals surface area contributed by atoms with Crippen LogP contribution >= 0.6 is 0 Å². The number of hydrogen-bond acceptors (Lipinski definition) is 4. The Morgan fingerprint density at radius 2 is 2.15 bits per heavy atom. The second kappa shape index (κ2) is 7.45. The van der Waals surface area contributed by atoms with E-state index in [4.69, 9.17) is 4.74 Å². The second-order valence-electron chi connectivity index (χ2n) is 6.24. The molecule has 26 heavy (non-hydrogen) atoms. The third-order valence-corrected chi connectivity index (χ3v) is 4.29. The Morgan fingerprint density at radius 3 is 2.85 bits per heavy atom. The zero-order chi connectivity index (χ0) is 18.7. The number of rotatable bonds is 3. The second-order valence-corrected chi connectivity index (χ2v) is 6.24. The largest absolute Gasteiger partial charge is 0.416 e. The molecular formula is C17H18F3N3O3. The number of hydrazone groups is 1. The van der Waals surface area contributed by atoms with Crippen LogP contribution in [0.25, 0.3) is 0 Å². The molecule has 0 spiro atoms. The van der Waals surface area contributed by atoms with Gasteiger partial charge in [0.1, 0.15) is 5.71 Å². The molecule has 0 aliphatic carbocycles. The molecular weight excluding hydrogens is 351 g/mol. The van der Waals surface area contributed by atoms with Crippen molar-refractivity contribution in [3.05, 3.63) is 35.4 Å². The van der Waals surface area contributed by atoms with Crippen LogP contribution in [-0.2, 0) is 26.9 Å². The van der Waals surface area contributed by atoms with Gasteiger partial charge in [-0.15, -0.1) is 0 Å². The molecule has 2 aliphatic rings. The topological polar surface area (TPSA) is 71.0 Å². The number of morpholine rings is 1. The van der Waals surface area contributed by atoms with Crippen LogP contribution in [0.15, 0.2) is 29.4 Å². The van der Waals surface area contributed by atoms with E-state index in [-0.39, 0.29) is 43.3 Å². The molecule has 2 amide bonds. The summed E-state index contributed by atoms with van der Waals surface area (Å²) in [5, 5.41) is 3.79. The molecule has 1 atom stereocenters. The Labute approximate surface area is 148 Å². The number of benzene rings is 1. The summed E-state index contributed by atoms with van der Waals surface area (Å²) < 4.78 is 44.1. The highest BCUT2D eigenvalue weighted by molar-refractivity contribution is 6.39. The first-order valence-corrected chi connectivity index (χ1v) is 8.25. The Bertz CT molecular complexity index is 733. The zero-order valence-electron chi connectivity index (χ0n) is 13.9. The van der Waals surface area contributed by atoms with Gasteiger partial charge in [-0.1, -0.05) is 18.2 Å². The molecule has 2 heterocycles. The molecule has 1 aromatic rings. The summed E-state index contributed by atoms with van der Waals surface area (Å²) in [6.45, 7) is 0.946. The Morgan fingerprint density at radius 1 is 1.35 bits per heavy atom. The highest BCUT2D eigenvalue weighted by Gasteiger charge is 2.32. The average Bonchev–Trinajstić information content (AvgIpc) is 2.61. The SMILES string of the molecule is O=C1CCC(C(=O)N2CCO[C@@H](Cc3cccc(C(F)(F)F)c3)C2)=NN1. The molecule has 6 nitrogen and oxygen atoms in total. The van der Waals surface area contributed by atoms with Crippen molar-refractivity contribution in [2.45, 2.75) is 31.5 Å². The molecule has 0 radical (unpaired) electrons. The number of carbonyl (C=O) groups excluding carboxylic acids is 2. The minimum atomic E-state index is -4.39. The Hall–Kier alpha value is -2.42. The molecule has 140 valence electrons. The molecule has 2 aliphatic heterocycles. The van der Waals surface area contributed by atoms with Crippen molar-refractivity contribution >= 4 is 17.5 Å². The molecule has 1 saturated heterocycles. The van der Waals surface area contributed by atoms with Gasteiger partial charge in [0.2, 0.25) is 5.91 Å². The summed E-state index contributed by atoms with van der Waals surface area (Å²) >= 11 is 0. The van der Waals surface area contributed by atoms with Crippen molar-refractivity contribution in [1.29, 1.82) is 0 Å². The fourth-order valence-corrected chi connectivity index (χ4v) is 2.98. The molecule has 9 heteroatoms. The van der Waals surface area contributed by atoms with E-state index in [0.717, 1.165) is 12.1 Å². The highest BCUT2D eigenvalue weighted by atomic mass is 19.4. The number of amides is 2. The molecule has 0 aromatic heterocycles. The molecule has 1 aromatic carbocycles. The number of ether oxygens (including phenoxy) is 1. The van der Waals surface area contributed by atoms with E-state index in [9.17, 15) is 22.8 Å². The van der Waals surface area contributed by atoms with Gasteiger partial charge < -0.3 is 9.64 Å². The summed E-state index contributed by atoms with van der Waals surface area (Å²) in [5.74, 6) is -0.506. The standard InChI is InChI=1S/C17H18F3N3O3/c18-17(19,20)12-3-1-2-11(8-12)9-13-10-23(6-7-26-13)16(25)14-4-5-15(24)22-21-14/h1-3,8,13H,4-7,9-10H2,(H,22,24)/t13-/m0/s1.